The molecule has 0 aliphatic heterocycles. The van der Waals surface area contributed by atoms with Gasteiger partial charge >= 0.3 is 11.9 Å². The molecule has 1 amide bonds. The second-order valence-corrected chi connectivity index (χ2v) is 12.0. The van der Waals surface area contributed by atoms with Crippen LogP contribution in [0.3, 0.4) is 0 Å². The van der Waals surface area contributed by atoms with E-state index in [0.717, 1.165) is 0 Å². The summed E-state index contributed by atoms with van der Waals surface area (Å²) in [4.78, 5) is 59.4. The van der Waals surface area contributed by atoms with Gasteiger partial charge < -0.3 is 43.6 Å². The number of thiol groups is 1. The average Bonchev–Trinajstić information content (AvgIpc) is 2.87. The number of amides is 1. The van der Waals surface area contributed by atoms with Crippen molar-refractivity contribution in [2.75, 3.05) is 79.4 Å². The largest absolute Gasteiger partial charge is 0.550 e. The van der Waals surface area contributed by atoms with Gasteiger partial charge in [0, 0.05) is 37.1 Å². The molecule has 0 fully saturated rings. The maximum atomic E-state index is 12.8. The van der Waals surface area contributed by atoms with Crippen LogP contribution in [0.15, 0.2) is 0 Å². The van der Waals surface area contributed by atoms with Gasteiger partial charge in [0.2, 0.25) is 0 Å². The lowest BCUT2D eigenvalue weighted by Gasteiger charge is -2.34. The zero-order valence-corrected chi connectivity index (χ0v) is 25.9. The van der Waals surface area contributed by atoms with Crippen molar-refractivity contribution in [3.8, 4) is 0 Å². The summed E-state index contributed by atoms with van der Waals surface area (Å²) in [6.07, 6.45) is 1.01. The molecule has 0 bridgehead atoms. The summed E-state index contributed by atoms with van der Waals surface area (Å²) in [5.74, 6) is -3.41. The fourth-order valence-electron chi connectivity index (χ4n) is 3.88. The second kappa shape index (κ2) is 18.1. The Kier molecular flexibility index (Phi) is 17.1. The molecule has 0 saturated carbocycles. The number of nitrogens with zero attached hydrogens (tertiary/aromatic N) is 2. The van der Waals surface area contributed by atoms with Gasteiger partial charge in [-0.25, -0.2) is 0 Å². The molecule has 40 heavy (non-hydrogen) atoms. The van der Waals surface area contributed by atoms with Crippen molar-refractivity contribution in [2.45, 2.75) is 52.9 Å². The Hall–Kier alpha value is -2.38. The normalized spacial score (nSPS) is 15.3. The maximum Gasteiger partial charge on any atom is 0.311 e. The Morgan fingerprint density at radius 2 is 1.50 bits per heavy atom. The first kappa shape index (κ1) is 37.6. The van der Waals surface area contributed by atoms with Gasteiger partial charge in [-0.1, -0.05) is 13.8 Å². The van der Waals surface area contributed by atoms with Crippen molar-refractivity contribution in [1.29, 1.82) is 0 Å². The maximum absolute atomic E-state index is 12.8. The van der Waals surface area contributed by atoms with Crippen molar-refractivity contribution in [1.82, 2.24) is 5.32 Å². The van der Waals surface area contributed by atoms with E-state index in [0.29, 0.717) is 49.1 Å². The third-order valence-corrected chi connectivity index (χ3v) is 7.57. The lowest BCUT2D eigenvalue weighted by molar-refractivity contribution is -0.901. The molecule has 0 saturated heterocycles. The summed E-state index contributed by atoms with van der Waals surface area (Å²) in [7, 11) is 5.43. The Morgan fingerprint density at radius 3 is 2.05 bits per heavy atom. The van der Waals surface area contributed by atoms with Gasteiger partial charge in [-0.3, -0.25) is 14.4 Å². The predicted molar refractivity (Wildman–Crippen MR) is 147 cm³/mol. The summed E-state index contributed by atoms with van der Waals surface area (Å²) >= 11 is 4.06. The summed E-state index contributed by atoms with van der Waals surface area (Å²) in [5, 5.41) is 24.4. The van der Waals surface area contributed by atoms with E-state index in [1.165, 1.54) is 0 Å². The van der Waals surface area contributed by atoms with E-state index < -0.39 is 29.2 Å². The van der Waals surface area contributed by atoms with Crippen molar-refractivity contribution in [3.05, 3.63) is 0 Å². The number of hydrogen-bond donors (Lipinski definition) is 2. The molecule has 0 aromatic carbocycles. The van der Waals surface area contributed by atoms with Crippen LogP contribution in [-0.4, -0.2) is 118 Å². The Balaban J connectivity index is 4.83. The van der Waals surface area contributed by atoms with Crippen molar-refractivity contribution in [3.63, 3.8) is 0 Å². The first-order chi connectivity index (χ1) is 18.5. The SMILES string of the molecule is CCC(C)(CCC(C)C(=O)OCC[N+](C)(CCC(=O)[O-])CC(=O)NCCS)C(=O)OCC[N+](C)(C)CCC(=O)[O-]. The number of rotatable bonds is 22. The first-order valence-electron chi connectivity index (χ1n) is 13.8. The van der Waals surface area contributed by atoms with Crippen LogP contribution in [0.25, 0.3) is 0 Å². The number of carboxylic acid groups (broad SMARTS) is 2. The quantitative estimate of drug-likeness (QED) is 0.0891. The Bertz CT molecular complexity index is 855. The number of carboxylic acids is 2. The fourth-order valence-corrected chi connectivity index (χ4v) is 3.99. The molecule has 0 aromatic rings. The minimum Gasteiger partial charge on any atom is -0.550 e. The van der Waals surface area contributed by atoms with E-state index in [1.807, 2.05) is 21.0 Å². The number of carbonyl (C=O) groups is 5. The molecular weight excluding hydrogens is 542 g/mol. The van der Waals surface area contributed by atoms with E-state index in [4.69, 9.17) is 9.47 Å². The molecule has 0 aliphatic carbocycles. The topological polar surface area (TPSA) is 162 Å². The van der Waals surface area contributed by atoms with Crippen LogP contribution in [0.5, 0.6) is 0 Å². The van der Waals surface area contributed by atoms with Gasteiger partial charge in [-0.2, -0.15) is 12.6 Å². The minimum absolute atomic E-state index is 0.00559. The number of likely N-dealkylation sites (N-methyl/N-ethyl adjacent to an activating group) is 2. The number of aliphatic carboxylic acids is 2. The summed E-state index contributed by atoms with van der Waals surface area (Å²) < 4.78 is 11.4. The highest BCUT2D eigenvalue weighted by Crippen LogP contribution is 2.31. The van der Waals surface area contributed by atoms with E-state index in [1.54, 1.807) is 20.9 Å². The zero-order chi connectivity index (χ0) is 31.0. The molecule has 1 N–H and O–H groups in total. The second-order valence-electron chi connectivity index (χ2n) is 11.6. The summed E-state index contributed by atoms with van der Waals surface area (Å²) in [6.45, 7) is 7.17. The molecule has 0 radical (unpaired) electrons. The third-order valence-electron chi connectivity index (χ3n) is 7.35. The van der Waals surface area contributed by atoms with Crippen LogP contribution in [-0.2, 0) is 33.4 Å². The highest BCUT2D eigenvalue weighted by atomic mass is 32.1. The molecule has 0 aromatic heterocycles. The summed E-state index contributed by atoms with van der Waals surface area (Å²) in [5.41, 5.74) is -0.794. The third kappa shape index (κ3) is 16.0. The lowest BCUT2D eigenvalue weighted by Crippen LogP contribution is -2.54. The van der Waals surface area contributed by atoms with Gasteiger partial charge in [-0.15, -0.1) is 0 Å². The molecule has 232 valence electrons. The van der Waals surface area contributed by atoms with Crippen molar-refractivity contribution < 1.29 is 52.6 Å². The monoisotopic (exact) mass is 591 g/mol. The van der Waals surface area contributed by atoms with Gasteiger partial charge in [0.1, 0.15) is 26.3 Å². The number of nitrogens with one attached hydrogen (secondary N) is 1. The molecule has 0 aliphatic rings. The van der Waals surface area contributed by atoms with Gasteiger partial charge in [0.25, 0.3) is 5.91 Å². The number of carbonyl (C=O) groups excluding carboxylic acids is 5. The number of quaternary nitrogens is 2. The van der Waals surface area contributed by atoms with E-state index in [9.17, 15) is 34.2 Å². The molecular formula is C27H49N3O9S. The summed E-state index contributed by atoms with van der Waals surface area (Å²) in [6, 6.07) is 0. The van der Waals surface area contributed by atoms with Crippen molar-refractivity contribution in [2.24, 2.45) is 11.3 Å². The van der Waals surface area contributed by atoms with E-state index in [-0.39, 0.29) is 62.0 Å². The molecule has 12 nitrogen and oxygen atoms in total. The van der Waals surface area contributed by atoms with Crippen LogP contribution >= 0.6 is 12.6 Å². The number of esters is 2. The van der Waals surface area contributed by atoms with Crippen LogP contribution in [0.2, 0.25) is 0 Å². The average molecular weight is 592 g/mol. The van der Waals surface area contributed by atoms with Crippen LogP contribution in [0, 0.1) is 11.3 Å². The lowest BCUT2D eigenvalue weighted by atomic mass is 9.81. The number of hydrogen-bond acceptors (Lipinski definition) is 10. The van der Waals surface area contributed by atoms with Gasteiger partial charge in [0.15, 0.2) is 6.54 Å². The van der Waals surface area contributed by atoms with Gasteiger partial charge in [0.05, 0.1) is 45.6 Å². The first-order valence-corrected chi connectivity index (χ1v) is 14.4. The number of ether oxygens (including phenoxy) is 2. The molecule has 3 unspecified atom stereocenters. The Labute approximate surface area is 243 Å². The molecule has 0 heterocycles. The standard InChI is InChI=1S/C27H49N3O9S/c1-7-27(3,26(37)39-17-15-29(4,5)13-9-23(32)33)11-8-21(2)25(36)38-18-16-30(6,14-10-24(34)35)20-22(31)28-12-19-40/h21H,7-20H2,1-6H3,(H2-2,28,31,32,33,34,35,40). The van der Waals surface area contributed by atoms with Crippen LogP contribution < -0.4 is 15.5 Å². The smallest absolute Gasteiger partial charge is 0.311 e. The predicted octanol–water partition coefficient (Wildman–Crippen LogP) is -1.25. The van der Waals surface area contributed by atoms with E-state index in [2.05, 4.69) is 17.9 Å². The fraction of sp³-hybridized carbons (Fsp3) is 0.815. The highest BCUT2D eigenvalue weighted by Gasteiger charge is 2.34. The minimum atomic E-state index is -1.22. The zero-order valence-electron chi connectivity index (χ0n) is 25.0. The Morgan fingerprint density at radius 1 is 0.925 bits per heavy atom. The molecule has 0 rings (SSSR count). The molecule has 0 spiro atoms. The van der Waals surface area contributed by atoms with Gasteiger partial charge in [-0.05, 0) is 26.2 Å². The van der Waals surface area contributed by atoms with Crippen LogP contribution in [0.1, 0.15) is 52.9 Å². The molecule has 13 heteroatoms. The molecule has 3 atom stereocenters. The van der Waals surface area contributed by atoms with Crippen LogP contribution in [0.4, 0.5) is 0 Å². The highest BCUT2D eigenvalue weighted by molar-refractivity contribution is 7.80. The van der Waals surface area contributed by atoms with E-state index >= 15 is 0 Å². The van der Waals surface area contributed by atoms with Crippen molar-refractivity contribution >= 4 is 42.4 Å².